The zero-order valence-electron chi connectivity index (χ0n) is 12.4. The van der Waals surface area contributed by atoms with Crippen LogP contribution in [0, 0.1) is 0 Å². The lowest BCUT2D eigenvalue weighted by atomic mass is 10.2. The number of carbonyl (C=O) groups is 1. The van der Waals surface area contributed by atoms with Gasteiger partial charge in [0.25, 0.3) is 0 Å². The summed E-state index contributed by atoms with van der Waals surface area (Å²) in [6.45, 7) is 5.14. The van der Waals surface area contributed by atoms with Gasteiger partial charge in [-0.3, -0.25) is 0 Å². The normalized spacial score (nSPS) is 10.5. The highest BCUT2D eigenvalue weighted by Crippen LogP contribution is 2.03. The van der Waals surface area contributed by atoms with Crippen molar-refractivity contribution in [2.45, 2.75) is 51.9 Å². The number of hydrogen-bond acceptors (Lipinski definition) is 4. The average molecular weight is 273 g/mol. The highest BCUT2D eigenvalue weighted by molar-refractivity contribution is 5.67. The van der Waals surface area contributed by atoms with E-state index in [9.17, 15) is 4.79 Å². The smallest absolute Gasteiger partial charge is 0.409 e. The van der Waals surface area contributed by atoms with Gasteiger partial charge in [-0.25, -0.2) is 4.79 Å². The second kappa shape index (κ2) is 13.6. The van der Waals surface area contributed by atoms with Crippen molar-refractivity contribution in [1.29, 1.82) is 0 Å². The Bertz CT molecular complexity index is 213. The van der Waals surface area contributed by atoms with Crippen LogP contribution in [-0.4, -0.2) is 43.8 Å². The molecular weight excluding hydrogens is 242 g/mol. The second-order valence-corrected chi connectivity index (χ2v) is 4.80. The molecule has 0 unspecified atom stereocenters. The Kier molecular flexibility index (Phi) is 13.0. The minimum absolute atomic E-state index is 0.227. The predicted octanol–water partition coefficient (Wildman–Crippen LogP) is 2.09. The Hall–Kier alpha value is -0.810. The molecular formula is C14H31N3O2. The van der Waals surface area contributed by atoms with Crippen LogP contribution < -0.4 is 11.5 Å². The molecule has 1 amide bonds. The van der Waals surface area contributed by atoms with E-state index < -0.39 is 0 Å². The maximum atomic E-state index is 11.9. The first-order valence-electron chi connectivity index (χ1n) is 7.58. The molecule has 0 spiro atoms. The number of rotatable bonds is 12. The number of carbonyl (C=O) groups excluding carboxylic acids is 1. The first-order valence-corrected chi connectivity index (χ1v) is 7.58. The molecule has 0 aromatic heterocycles. The van der Waals surface area contributed by atoms with Crippen molar-refractivity contribution < 1.29 is 9.53 Å². The van der Waals surface area contributed by atoms with Gasteiger partial charge in [-0.05, 0) is 25.8 Å². The molecule has 0 aliphatic carbocycles. The molecule has 0 aromatic rings. The molecule has 0 fully saturated rings. The summed E-state index contributed by atoms with van der Waals surface area (Å²) in [5.74, 6) is 0. The summed E-state index contributed by atoms with van der Waals surface area (Å²) in [6.07, 6.45) is 7.24. The molecule has 0 rings (SSSR count). The van der Waals surface area contributed by atoms with E-state index in [-0.39, 0.29) is 6.09 Å². The lowest BCUT2D eigenvalue weighted by Crippen LogP contribution is -2.36. The molecule has 4 N–H and O–H groups in total. The second-order valence-electron chi connectivity index (χ2n) is 4.80. The van der Waals surface area contributed by atoms with Crippen LogP contribution in [0.3, 0.4) is 0 Å². The third-order valence-electron chi connectivity index (χ3n) is 3.01. The van der Waals surface area contributed by atoms with Crippen molar-refractivity contribution in [3.63, 3.8) is 0 Å². The van der Waals surface area contributed by atoms with Gasteiger partial charge in [-0.1, -0.05) is 32.6 Å². The maximum absolute atomic E-state index is 11.9. The van der Waals surface area contributed by atoms with Crippen molar-refractivity contribution in [2.24, 2.45) is 11.5 Å². The van der Waals surface area contributed by atoms with E-state index in [0.717, 1.165) is 32.1 Å². The Morgan fingerprint density at radius 2 is 1.68 bits per heavy atom. The van der Waals surface area contributed by atoms with E-state index in [0.29, 0.717) is 32.8 Å². The zero-order chi connectivity index (χ0) is 14.3. The monoisotopic (exact) mass is 273 g/mol. The van der Waals surface area contributed by atoms with Gasteiger partial charge in [-0.15, -0.1) is 0 Å². The lowest BCUT2D eigenvalue weighted by Gasteiger charge is -2.21. The minimum Gasteiger partial charge on any atom is -0.449 e. The summed E-state index contributed by atoms with van der Waals surface area (Å²) in [7, 11) is 0. The molecule has 0 aromatic carbocycles. The average Bonchev–Trinajstić information content (AvgIpc) is 2.42. The first kappa shape index (κ1) is 18.2. The number of unbranched alkanes of at least 4 members (excludes halogenated alkanes) is 5. The largest absolute Gasteiger partial charge is 0.449 e. The highest BCUT2D eigenvalue weighted by Gasteiger charge is 2.13. The molecule has 0 aliphatic heterocycles. The molecule has 0 atom stereocenters. The molecule has 0 radical (unpaired) electrons. The molecule has 0 bridgehead atoms. The molecule has 5 heteroatoms. The fourth-order valence-corrected chi connectivity index (χ4v) is 1.85. The van der Waals surface area contributed by atoms with Crippen molar-refractivity contribution in [1.82, 2.24) is 4.90 Å². The van der Waals surface area contributed by atoms with Gasteiger partial charge in [0.05, 0.1) is 6.61 Å². The highest BCUT2D eigenvalue weighted by atomic mass is 16.6. The van der Waals surface area contributed by atoms with Crippen LogP contribution in [0.15, 0.2) is 0 Å². The molecule has 5 nitrogen and oxygen atoms in total. The van der Waals surface area contributed by atoms with Crippen LogP contribution in [-0.2, 0) is 4.74 Å². The first-order chi connectivity index (χ1) is 9.26. The predicted molar refractivity (Wildman–Crippen MR) is 79.0 cm³/mol. The minimum atomic E-state index is -0.227. The van der Waals surface area contributed by atoms with Crippen LogP contribution in [0.25, 0.3) is 0 Å². The van der Waals surface area contributed by atoms with Crippen LogP contribution in [0.1, 0.15) is 51.9 Å². The fraction of sp³-hybridized carbons (Fsp3) is 0.929. The summed E-state index contributed by atoms with van der Waals surface area (Å²) >= 11 is 0. The van der Waals surface area contributed by atoms with Gasteiger partial charge in [-0.2, -0.15) is 0 Å². The molecule has 0 heterocycles. The van der Waals surface area contributed by atoms with Gasteiger partial charge in [0.1, 0.15) is 0 Å². The SMILES string of the molecule is CCCCCCOC(=O)N(CCN)CCCCCN. The van der Waals surface area contributed by atoms with E-state index in [1.54, 1.807) is 4.90 Å². The molecule has 0 saturated heterocycles. The number of hydrogen-bond donors (Lipinski definition) is 2. The van der Waals surface area contributed by atoms with Gasteiger partial charge < -0.3 is 21.1 Å². The molecule has 114 valence electrons. The summed E-state index contributed by atoms with van der Waals surface area (Å²) in [5.41, 5.74) is 11.0. The van der Waals surface area contributed by atoms with E-state index >= 15 is 0 Å². The van der Waals surface area contributed by atoms with Gasteiger partial charge in [0.2, 0.25) is 0 Å². The summed E-state index contributed by atoms with van der Waals surface area (Å²) in [4.78, 5) is 13.6. The molecule has 0 aliphatic rings. The topological polar surface area (TPSA) is 81.6 Å². The van der Waals surface area contributed by atoms with Crippen molar-refractivity contribution in [2.75, 3.05) is 32.8 Å². The summed E-state index contributed by atoms with van der Waals surface area (Å²) in [6, 6.07) is 0. The Morgan fingerprint density at radius 1 is 0.947 bits per heavy atom. The lowest BCUT2D eigenvalue weighted by molar-refractivity contribution is 0.101. The quantitative estimate of drug-likeness (QED) is 0.533. The van der Waals surface area contributed by atoms with Crippen molar-refractivity contribution in [3.05, 3.63) is 0 Å². The Morgan fingerprint density at radius 3 is 2.32 bits per heavy atom. The summed E-state index contributed by atoms with van der Waals surface area (Å²) in [5, 5.41) is 0. The number of nitrogens with zero attached hydrogens (tertiary/aromatic N) is 1. The zero-order valence-corrected chi connectivity index (χ0v) is 12.4. The van der Waals surface area contributed by atoms with E-state index in [4.69, 9.17) is 16.2 Å². The fourth-order valence-electron chi connectivity index (χ4n) is 1.85. The van der Waals surface area contributed by atoms with Gasteiger partial charge >= 0.3 is 6.09 Å². The Labute approximate surface area is 117 Å². The molecule has 19 heavy (non-hydrogen) atoms. The van der Waals surface area contributed by atoms with Crippen LogP contribution in [0.2, 0.25) is 0 Å². The maximum Gasteiger partial charge on any atom is 0.409 e. The van der Waals surface area contributed by atoms with Crippen molar-refractivity contribution in [3.8, 4) is 0 Å². The standard InChI is InChI=1S/C14H31N3O2/c1-2-3-4-8-13-19-14(18)17(12-10-16)11-7-5-6-9-15/h2-13,15-16H2,1H3. The Balaban J connectivity index is 3.76. The van der Waals surface area contributed by atoms with E-state index in [2.05, 4.69) is 6.92 Å². The van der Waals surface area contributed by atoms with Crippen LogP contribution in [0.5, 0.6) is 0 Å². The third kappa shape index (κ3) is 10.8. The van der Waals surface area contributed by atoms with Crippen LogP contribution >= 0.6 is 0 Å². The number of ether oxygens (including phenoxy) is 1. The molecule has 0 saturated carbocycles. The van der Waals surface area contributed by atoms with Crippen molar-refractivity contribution >= 4 is 6.09 Å². The summed E-state index contributed by atoms with van der Waals surface area (Å²) < 4.78 is 5.27. The van der Waals surface area contributed by atoms with E-state index in [1.165, 1.54) is 12.8 Å². The third-order valence-corrected chi connectivity index (χ3v) is 3.01. The van der Waals surface area contributed by atoms with E-state index in [1.807, 2.05) is 0 Å². The van der Waals surface area contributed by atoms with Gasteiger partial charge in [0, 0.05) is 19.6 Å². The van der Waals surface area contributed by atoms with Gasteiger partial charge in [0.15, 0.2) is 0 Å². The number of amides is 1. The van der Waals surface area contributed by atoms with Crippen LogP contribution in [0.4, 0.5) is 4.79 Å². The number of nitrogens with two attached hydrogens (primary N) is 2.